The van der Waals surface area contributed by atoms with Crippen LogP contribution < -0.4 is 10.9 Å². The Labute approximate surface area is 198 Å². The third-order valence-electron chi connectivity index (χ3n) is 5.40. The summed E-state index contributed by atoms with van der Waals surface area (Å²) in [7, 11) is 0. The highest BCUT2D eigenvalue weighted by molar-refractivity contribution is 7.99. The molecule has 2 aromatic carbocycles. The van der Waals surface area contributed by atoms with E-state index < -0.39 is 0 Å². The Bertz CT molecular complexity index is 1350. The topological polar surface area (TPSA) is 64.0 Å². The number of hydrogen-bond donors (Lipinski definition) is 1. The van der Waals surface area contributed by atoms with Crippen molar-refractivity contribution in [3.8, 4) is 5.69 Å². The van der Waals surface area contributed by atoms with Crippen LogP contribution in [0, 0.1) is 0 Å². The number of thioether (sulfide) groups is 1. The third kappa shape index (κ3) is 4.33. The van der Waals surface area contributed by atoms with Gasteiger partial charge in [-0.25, -0.2) is 4.98 Å². The van der Waals surface area contributed by atoms with Crippen LogP contribution in [0.1, 0.15) is 29.9 Å². The first kappa shape index (κ1) is 21.2. The van der Waals surface area contributed by atoms with Crippen molar-refractivity contribution < 1.29 is 4.79 Å². The molecule has 0 bridgehead atoms. The molecule has 0 unspecified atom stereocenters. The third-order valence-corrected chi connectivity index (χ3v) is 7.60. The summed E-state index contributed by atoms with van der Waals surface area (Å²) in [5.41, 5.74) is 2.66. The van der Waals surface area contributed by atoms with Crippen molar-refractivity contribution in [1.29, 1.82) is 0 Å². The number of halogens is 1. The van der Waals surface area contributed by atoms with Crippen LogP contribution in [-0.4, -0.2) is 21.2 Å². The van der Waals surface area contributed by atoms with Gasteiger partial charge in [-0.1, -0.05) is 59.8 Å². The molecule has 0 radical (unpaired) electrons. The number of nitrogens with one attached hydrogen (secondary N) is 1. The van der Waals surface area contributed by atoms with Crippen molar-refractivity contribution in [2.45, 2.75) is 30.5 Å². The summed E-state index contributed by atoms with van der Waals surface area (Å²) in [6, 6.07) is 16.9. The molecule has 5 rings (SSSR count). The van der Waals surface area contributed by atoms with Gasteiger partial charge in [-0.3, -0.25) is 14.2 Å². The van der Waals surface area contributed by atoms with Crippen molar-refractivity contribution >= 4 is 50.8 Å². The van der Waals surface area contributed by atoms with Crippen LogP contribution in [0.2, 0.25) is 5.02 Å². The van der Waals surface area contributed by atoms with E-state index >= 15 is 0 Å². The molecule has 1 aliphatic carbocycles. The number of hydrogen-bond acceptors (Lipinski definition) is 5. The highest BCUT2D eigenvalue weighted by Gasteiger charge is 2.29. The van der Waals surface area contributed by atoms with E-state index in [1.807, 2.05) is 48.5 Å². The van der Waals surface area contributed by atoms with E-state index in [1.165, 1.54) is 23.1 Å². The van der Waals surface area contributed by atoms with E-state index in [4.69, 9.17) is 16.6 Å². The van der Waals surface area contributed by atoms with Crippen LogP contribution in [0.4, 0.5) is 0 Å². The Kier molecular flexibility index (Phi) is 6.04. The van der Waals surface area contributed by atoms with E-state index in [0.717, 1.165) is 34.5 Å². The molecule has 4 aromatic rings. The second kappa shape index (κ2) is 9.10. The second-order valence-electron chi connectivity index (χ2n) is 7.67. The maximum Gasteiger partial charge on any atom is 0.267 e. The molecule has 0 atom stereocenters. The Hall–Kier alpha value is -2.61. The van der Waals surface area contributed by atoms with Crippen LogP contribution >= 0.6 is 34.7 Å². The lowest BCUT2D eigenvalue weighted by Crippen LogP contribution is -2.26. The zero-order valence-electron chi connectivity index (χ0n) is 17.1. The van der Waals surface area contributed by atoms with Crippen LogP contribution in [-0.2, 0) is 11.3 Å². The van der Waals surface area contributed by atoms with Crippen molar-refractivity contribution in [3.05, 3.63) is 86.5 Å². The fraction of sp³-hybridized carbons (Fsp3) is 0.208. The monoisotopic (exact) mass is 481 g/mol. The molecule has 0 spiro atoms. The fourth-order valence-electron chi connectivity index (χ4n) is 3.61. The standard InChI is InChI=1S/C24H20ClN3O2S2/c25-19-9-5-4-6-16(19)12-26-20(29)14-32-24-27-22-21(18(13-31-22)15-10-11-15)23(30)28(24)17-7-2-1-3-8-17/h1-9,13,15H,10-12,14H2,(H,26,29). The largest absolute Gasteiger partial charge is 0.351 e. The average molecular weight is 482 g/mol. The molecule has 5 nitrogen and oxygen atoms in total. The highest BCUT2D eigenvalue weighted by atomic mass is 35.5. The van der Waals surface area contributed by atoms with Gasteiger partial charge < -0.3 is 5.32 Å². The number of amides is 1. The summed E-state index contributed by atoms with van der Waals surface area (Å²) < 4.78 is 1.63. The van der Waals surface area contributed by atoms with Gasteiger partial charge in [0.2, 0.25) is 5.91 Å². The predicted molar refractivity (Wildman–Crippen MR) is 131 cm³/mol. The second-order valence-corrected chi connectivity index (χ2v) is 9.88. The smallest absolute Gasteiger partial charge is 0.267 e. The minimum Gasteiger partial charge on any atom is -0.351 e. The lowest BCUT2D eigenvalue weighted by molar-refractivity contribution is -0.118. The van der Waals surface area contributed by atoms with Crippen LogP contribution in [0.5, 0.6) is 0 Å². The first-order chi connectivity index (χ1) is 15.6. The van der Waals surface area contributed by atoms with Gasteiger partial charge in [0, 0.05) is 11.6 Å². The van der Waals surface area contributed by atoms with E-state index in [-0.39, 0.29) is 17.2 Å². The summed E-state index contributed by atoms with van der Waals surface area (Å²) in [6.07, 6.45) is 2.25. The summed E-state index contributed by atoms with van der Waals surface area (Å²) in [4.78, 5) is 31.6. The van der Waals surface area contributed by atoms with Crippen molar-refractivity contribution in [3.63, 3.8) is 0 Å². The Morgan fingerprint density at radius 1 is 1.16 bits per heavy atom. The summed E-state index contributed by atoms with van der Waals surface area (Å²) in [5.74, 6) is 0.473. The van der Waals surface area contributed by atoms with Crippen LogP contribution in [0.3, 0.4) is 0 Å². The van der Waals surface area contributed by atoms with Gasteiger partial charge in [0.1, 0.15) is 4.83 Å². The van der Waals surface area contributed by atoms with Crippen molar-refractivity contribution in [1.82, 2.24) is 14.9 Å². The fourth-order valence-corrected chi connectivity index (χ4v) is 5.71. The first-order valence-electron chi connectivity index (χ1n) is 10.3. The molecule has 2 heterocycles. The quantitative estimate of drug-likeness (QED) is 0.284. The predicted octanol–water partition coefficient (Wildman–Crippen LogP) is 5.39. The molecule has 0 aliphatic heterocycles. The zero-order valence-corrected chi connectivity index (χ0v) is 19.5. The van der Waals surface area contributed by atoms with Gasteiger partial charge in [-0.2, -0.15) is 0 Å². The number of nitrogens with zero attached hydrogens (tertiary/aromatic N) is 2. The number of fused-ring (bicyclic) bond motifs is 1. The highest BCUT2D eigenvalue weighted by Crippen LogP contribution is 2.44. The molecular weight excluding hydrogens is 462 g/mol. The molecule has 2 aromatic heterocycles. The minimum absolute atomic E-state index is 0.0664. The number of benzene rings is 2. The first-order valence-corrected chi connectivity index (χ1v) is 12.6. The molecule has 32 heavy (non-hydrogen) atoms. The Morgan fingerprint density at radius 2 is 1.91 bits per heavy atom. The summed E-state index contributed by atoms with van der Waals surface area (Å²) in [6.45, 7) is 0.354. The van der Waals surface area contributed by atoms with Crippen molar-refractivity contribution in [2.75, 3.05) is 5.75 Å². The SMILES string of the molecule is O=C(CSc1nc2scc(C3CC3)c2c(=O)n1-c1ccccc1)NCc1ccccc1Cl. The number of para-hydroxylation sites is 1. The van der Waals surface area contributed by atoms with Gasteiger partial charge >= 0.3 is 0 Å². The lowest BCUT2D eigenvalue weighted by Gasteiger charge is -2.13. The number of aromatic nitrogens is 2. The average Bonchev–Trinajstić information content (AvgIpc) is 3.56. The van der Waals surface area contributed by atoms with Gasteiger partial charge in [-0.15, -0.1) is 11.3 Å². The molecule has 8 heteroatoms. The molecular formula is C24H20ClN3O2S2. The zero-order chi connectivity index (χ0) is 22.1. The van der Waals surface area contributed by atoms with Crippen LogP contribution in [0.25, 0.3) is 15.9 Å². The number of carbonyl (C=O) groups is 1. The number of rotatable bonds is 7. The molecule has 0 saturated heterocycles. The van der Waals surface area contributed by atoms with E-state index in [1.54, 1.807) is 10.6 Å². The van der Waals surface area contributed by atoms with Crippen molar-refractivity contribution in [2.24, 2.45) is 0 Å². The van der Waals surface area contributed by atoms with E-state index in [2.05, 4.69) is 10.7 Å². The minimum atomic E-state index is -0.145. The molecule has 162 valence electrons. The summed E-state index contributed by atoms with van der Waals surface area (Å²) in [5, 5.41) is 6.81. The number of thiophene rings is 1. The van der Waals surface area contributed by atoms with Gasteiger partial charge in [0.25, 0.3) is 5.56 Å². The van der Waals surface area contributed by atoms with Crippen LogP contribution in [0.15, 0.2) is 69.9 Å². The normalized spacial score (nSPS) is 13.4. The van der Waals surface area contributed by atoms with Gasteiger partial charge in [-0.05, 0) is 53.5 Å². The molecule has 1 saturated carbocycles. The van der Waals surface area contributed by atoms with E-state index in [9.17, 15) is 9.59 Å². The Morgan fingerprint density at radius 3 is 2.66 bits per heavy atom. The molecule has 1 amide bonds. The molecule has 1 aliphatic rings. The maximum atomic E-state index is 13.6. The van der Waals surface area contributed by atoms with Gasteiger partial charge in [0.15, 0.2) is 5.16 Å². The summed E-state index contributed by atoms with van der Waals surface area (Å²) >= 11 is 8.94. The maximum absolute atomic E-state index is 13.6. The van der Waals surface area contributed by atoms with E-state index in [0.29, 0.717) is 28.0 Å². The molecule has 1 N–H and O–H groups in total. The Balaban J connectivity index is 1.42. The number of carbonyl (C=O) groups excluding carboxylic acids is 1. The van der Waals surface area contributed by atoms with Gasteiger partial charge in [0.05, 0.1) is 16.8 Å². The lowest BCUT2D eigenvalue weighted by atomic mass is 10.1. The molecule has 1 fully saturated rings.